The fraction of sp³-hybridized carbons (Fsp3) is 0.200. The van der Waals surface area contributed by atoms with E-state index in [-0.39, 0.29) is 0 Å². The first kappa shape index (κ1) is 14.9. The van der Waals surface area contributed by atoms with Gasteiger partial charge in [-0.05, 0) is 0 Å². The number of halogens is 1. The number of hydrogen-bond acceptors (Lipinski definition) is 6. The molecule has 3 aromatic rings. The summed E-state index contributed by atoms with van der Waals surface area (Å²) in [7, 11) is 1.64. The molecule has 0 saturated heterocycles. The first-order valence-corrected chi connectivity index (χ1v) is 7.71. The normalized spacial score (nSPS) is 13.2. The van der Waals surface area contributed by atoms with Crippen LogP contribution in [-0.2, 0) is 11.3 Å². The minimum atomic E-state index is 0.489. The Morgan fingerprint density at radius 2 is 2.21 bits per heavy atom. The van der Waals surface area contributed by atoms with Gasteiger partial charge in [-0.2, -0.15) is 10.2 Å². The van der Waals surface area contributed by atoms with Gasteiger partial charge in [0.25, 0.3) is 0 Å². The van der Waals surface area contributed by atoms with Crippen molar-refractivity contribution in [3.63, 3.8) is 0 Å². The van der Waals surface area contributed by atoms with Crippen LogP contribution in [0.2, 0.25) is 5.15 Å². The van der Waals surface area contributed by atoms with Crippen LogP contribution in [0.5, 0.6) is 0 Å². The second-order valence-electron chi connectivity index (χ2n) is 5.20. The summed E-state index contributed by atoms with van der Waals surface area (Å²) >= 11 is 6.37. The van der Waals surface area contributed by atoms with Crippen molar-refractivity contribution in [3.8, 4) is 0 Å². The van der Waals surface area contributed by atoms with Crippen LogP contribution >= 0.6 is 11.6 Å². The maximum Gasteiger partial charge on any atom is 0.162 e. The van der Waals surface area contributed by atoms with Gasteiger partial charge in [-0.25, -0.2) is 14.6 Å². The summed E-state index contributed by atoms with van der Waals surface area (Å²) < 4.78 is 6.71. The van der Waals surface area contributed by atoms with Crippen LogP contribution in [0.3, 0.4) is 0 Å². The van der Waals surface area contributed by atoms with Crippen LogP contribution in [-0.4, -0.2) is 43.7 Å². The number of nitrogens with one attached hydrogen (secondary N) is 2. The minimum Gasteiger partial charge on any atom is -0.383 e. The van der Waals surface area contributed by atoms with Crippen molar-refractivity contribution in [1.29, 1.82) is 0 Å². The van der Waals surface area contributed by atoms with Gasteiger partial charge in [0.1, 0.15) is 11.0 Å². The van der Waals surface area contributed by atoms with E-state index in [1.165, 1.54) is 0 Å². The SMILES string of the molecule is COCCn1ncc(Nc2nc(C3=CC=C3)nc3cn[nH]c23)c1Cl. The lowest BCUT2D eigenvalue weighted by Crippen LogP contribution is -2.06. The molecule has 3 aromatic heterocycles. The summed E-state index contributed by atoms with van der Waals surface area (Å²) in [5, 5.41) is 14.9. The van der Waals surface area contributed by atoms with E-state index in [9.17, 15) is 0 Å². The van der Waals surface area contributed by atoms with E-state index in [1.807, 2.05) is 18.2 Å². The lowest BCUT2D eigenvalue weighted by molar-refractivity contribution is 0.183. The first-order chi connectivity index (χ1) is 11.8. The van der Waals surface area contributed by atoms with Crippen LogP contribution in [0.25, 0.3) is 16.6 Å². The van der Waals surface area contributed by atoms with Gasteiger partial charge in [0.05, 0.1) is 31.2 Å². The van der Waals surface area contributed by atoms with E-state index < -0.39 is 0 Å². The third-order valence-electron chi connectivity index (χ3n) is 3.65. The van der Waals surface area contributed by atoms with E-state index in [0.717, 1.165) is 11.1 Å². The molecule has 9 heteroatoms. The molecule has 0 saturated carbocycles. The van der Waals surface area contributed by atoms with Gasteiger partial charge in [-0.15, -0.1) is 0 Å². The number of hydrogen-bond donors (Lipinski definition) is 2. The summed E-state index contributed by atoms with van der Waals surface area (Å²) in [4.78, 5) is 9.06. The zero-order valence-electron chi connectivity index (χ0n) is 12.8. The monoisotopic (exact) mass is 343 g/mol. The molecule has 0 fully saturated rings. The number of methoxy groups -OCH3 is 1. The molecule has 0 bridgehead atoms. The highest BCUT2D eigenvalue weighted by atomic mass is 35.5. The third kappa shape index (κ3) is 2.55. The molecule has 1 aliphatic carbocycles. The fourth-order valence-corrected chi connectivity index (χ4v) is 2.54. The number of aromatic nitrogens is 6. The molecular weight excluding hydrogens is 330 g/mol. The van der Waals surface area contributed by atoms with E-state index in [1.54, 1.807) is 24.2 Å². The maximum absolute atomic E-state index is 6.37. The van der Waals surface area contributed by atoms with Gasteiger partial charge in [0.2, 0.25) is 0 Å². The molecule has 0 amide bonds. The standard InChI is InChI=1S/C15H14ClN7O/c1-24-6-5-23-13(16)11(8-18-23)20-15-12-10(7-17-22-12)19-14(21-15)9-3-2-4-9/h2-4,7-8H,5-6H2,1H3,(H,17,22)(H,19,20,21). The van der Waals surface area contributed by atoms with Crippen molar-refractivity contribution in [2.24, 2.45) is 0 Å². The quantitative estimate of drug-likeness (QED) is 0.714. The van der Waals surface area contributed by atoms with Crippen LogP contribution in [0.4, 0.5) is 11.5 Å². The van der Waals surface area contributed by atoms with Crippen molar-refractivity contribution in [2.75, 3.05) is 19.0 Å². The van der Waals surface area contributed by atoms with Crippen molar-refractivity contribution in [1.82, 2.24) is 29.9 Å². The number of allylic oxidation sites excluding steroid dienone is 4. The highest BCUT2D eigenvalue weighted by Gasteiger charge is 2.16. The predicted octanol–water partition coefficient (Wildman–Crippen LogP) is 2.55. The van der Waals surface area contributed by atoms with Crippen molar-refractivity contribution in [3.05, 3.63) is 41.6 Å². The van der Waals surface area contributed by atoms with Crippen LogP contribution in [0, 0.1) is 0 Å². The molecule has 0 radical (unpaired) electrons. The van der Waals surface area contributed by atoms with E-state index in [2.05, 4.69) is 30.6 Å². The molecule has 0 aromatic carbocycles. The second kappa shape index (κ2) is 6.06. The van der Waals surface area contributed by atoms with Crippen molar-refractivity contribution < 1.29 is 4.74 Å². The number of nitrogens with zero attached hydrogens (tertiary/aromatic N) is 5. The molecule has 0 aliphatic heterocycles. The Hall–Kier alpha value is -2.71. The van der Waals surface area contributed by atoms with Crippen LogP contribution < -0.4 is 5.32 Å². The van der Waals surface area contributed by atoms with E-state index in [0.29, 0.717) is 41.2 Å². The molecule has 8 nitrogen and oxygen atoms in total. The van der Waals surface area contributed by atoms with Gasteiger partial charge in [0.15, 0.2) is 16.8 Å². The predicted molar refractivity (Wildman–Crippen MR) is 91.2 cm³/mol. The molecule has 1 aliphatic rings. The topological polar surface area (TPSA) is 93.5 Å². The second-order valence-corrected chi connectivity index (χ2v) is 5.56. The molecule has 2 N–H and O–H groups in total. The molecule has 0 spiro atoms. The van der Waals surface area contributed by atoms with Crippen molar-refractivity contribution in [2.45, 2.75) is 6.54 Å². The van der Waals surface area contributed by atoms with Crippen LogP contribution in [0.1, 0.15) is 5.82 Å². The molecule has 3 heterocycles. The largest absolute Gasteiger partial charge is 0.383 e. The average molecular weight is 344 g/mol. The molecule has 0 unspecified atom stereocenters. The maximum atomic E-state index is 6.37. The van der Waals surface area contributed by atoms with E-state index in [4.69, 9.17) is 16.3 Å². The lowest BCUT2D eigenvalue weighted by atomic mass is 10.1. The number of ether oxygens (including phenoxy) is 1. The van der Waals surface area contributed by atoms with Crippen LogP contribution in [0.15, 0.2) is 30.6 Å². The zero-order valence-corrected chi connectivity index (χ0v) is 13.6. The zero-order chi connectivity index (χ0) is 16.5. The van der Waals surface area contributed by atoms with Gasteiger partial charge >= 0.3 is 0 Å². The molecule has 4 rings (SSSR count). The smallest absolute Gasteiger partial charge is 0.162 e. The summed E-state index contributed by atoms with van der Waals surface area (Å²) in [6, 6.07) is 0. The number of rotatable bonds is 6. The first-order valence-electron chi connectivity index (χ1n) is 7.33. The Morgan fingerprint density at radius 1 is 1.33 bits per heavy atom. The third-order valence-corrected chi connectivity index (χ3v) is 4.04. The van der Waals surface area contributed by atoms with Gasteiger partial charge in [0, 0.05) is 12.7 Å². The Morgan fingerprint density at radius 3 is 2.96 bits per heavy atom. The highest BCUT2D eigenvalue weighted by Crippen LogP contribution is 2.29. The number of fused-ring (bicyclic) bond motifs is 1. The summed E-state index contributed by atoms with van der Waals surface area (Å²) in [6.07, 6.45) is 9.19. The van der Waals surface area contributed by atoms with Crippen molar-refractivity contribution >= 4 is 39.7 Å². The summed E-state index contributed by atoms with van der Waals surface area (Å²) in [5.41, 5.74) is 3.07. The minimum absolute atomic E-state index is 0.489. The Balaban J connectivity index is 1.69. The van der Waals surface area contributed by atoms with Gasteiger partial charge in [-0.1, -0.05) is 29.8 Å². The fourth-order valence-electron chi connectivity index (χ4n) is 2.32. The number of H-pyrrole nitrogens is 1. The number of aromatic amines is 1. The molecule has 0 atom stereocenters. The highest BCUT2D eigenvalue weighted by molar-refractivity contribution is 6.32. The lowest BCUT2D eigenvalue weighted by Gasteiger charge is -2.10. The number of anilines is 2. The molecular formula is C15H14ClN7O. The Bertz CT molecular complexity index is 956. The summed E-state index contributed by atoms with van der Waals surface area (Å²) in [6.45, 7) is 1.10. The molecule has 122 valence electrons. The molecule has 24 heavy (non-hydrogen) atoms. The van der Waals surface area contributed by atoms with Gasteiger partial charge in [-0.3, -0.25) is 5.10 Å². The average Bonchev–Trinajstić information content (AvgIpc) is 3.12. The van der Waals surface area contributed by atoms with Gasteiger partial charge < -0.3 is 10.1 Å². The Kier molecular flexibility index (Phi) is 3.75. The Labute approximate surface area is 142 Å². The summed E-state index contributed by atoms with van der Waals surface area (Å²) in [5.74, 6) is 1.23. The van der Waals surface area contributed by atoms with E-state index >= 15 is 0 Å².